The SMILES string of the molecule is CC1(C)[C@H]2C[C@@H]3OB(CCC[C@H]4CN(S(=O)(=O)NCCN)C[C@]4(C)N)O[C@]3(C)[C@@H]1C2. The van der Waals surface area contributed by atoms with Crippen LogP contribution in [0.1, 0.15) is 53.4 Å². The Labute approximate surface area is 182 Å². The smallest absolute Gasteiger partial charge is 0.405 e. The molecule has 2 bridgehead atoms. The minimum atomic E-state index is -3.53. The van der Waals surface area contributed by atoms with Gasteiger partial charge >= 0.3 is 7.12 Å². The zero-order chi connectivity index (χ0) is 21.9. The molecular weight excluding hydrogens is 403 g/mol. The molecule has 30 heavy (non-hydrogen) atoms. The number of rotatable bonds is 8. The average Bonchev–Trinajstić information content (AvgIpc) is 3.15. The Hall–Kier alpha value is -0.225. The van der Waals surface area contributed by atoms with E-state index in [2.05, 4.69) is 25.5 Å². The fourth-order valence-electron chi connectivity index (χ4n) is 6.52. The molecule has 5 aliphatic rings. The second-order valence-electron chi connectivity index (χ2n) is 11.0. The summed E-state index contributed by atoms with van der Waals surface area (Å²) in [6, 6.07) is 0. The zero-order valence-corrected chi connectivity index (χ0v) is 19.7. The molecule has 0 aromatic carbocycles. The van der Waals surface area contributed by atoms with Crippen LogP contribution in [0.4, 0.5) is 0 Å². The minimum Gasteiger partial charge on any atom is -0.405 e. The highest BCUT2D eigenvalue weighted by Crippen LogP contribution is 2.65. The summed E-state index contributed by atoms with van der Waals surface area (Å²) in [5.74, 6) is 1.43. The van der Waals surface area contributed by atoms with Gasteiger partial charge in [0.1, 0.15) is 0 Å². The number of nitrogens with zero attached hydrogens (tertiary/aromatic N) is 1. The molecule has 3 aliphatic carbocycles. The molecule has 0 spiro atoms. The predicted octanol–water partition coefficient (Wildman–Crippen LogP) is 0.937. The van der Waals surface area contributed by atoms with E-state index in [1.54, 1.807) is 0 Å². The van der Waals surface area contributed by atoms with Crippen molar-refractivity contribution in [3.05, 3.63) is 0 Å². The molecule has 2 aliphatic heterocycles. The topological polar surface area (TPSA) is 120 Å². The highest BCUT2D eigenvalue weighted by molar-refractivity contribution is 7.87. The standard InChI is InChI=1S/C20H39BN4O4S/c1-18(2)15-10-16(18)20(4)17(11-15)28-21(29-20)7-5-6-14-12-25(13-19(14,3)23)30(26,27)24-9-8-22/h14-17,24H,5-13,22-23H2,1-4H3/t14-,15+,16+,17-,19-,20+/m0/s1. The van der Waals surface area contributed by atoms with Gasteiger partial charge < -0.3 is 20.8 Å². The van der Waals surface area contributed by atoms with Crippen LogP contribution in [-0.4, -0.2) is 63.3 Å². The Bertz CT molecular complexity index is 764. The minimum absolute atomic E-state index is 0.109. The highest BCUT2D eigenvalue weighted by Gasteiger charge is 2.67. The number of hydrogen-bond acceptors (Lipinski definition) is 6. The van der Waals surface area contributed by atoms with Gasteiger partial charge in [0, 0.05) is 31.7 Å². The maximum atomic E-state index is 12.4. The molecule has 0 aromatic rings. The molecular formula is C20H39BN4O4S. The van der Waals surface area contributed by atoms with Crippen LogP contribution >= 0.6 is 0 Å². The summed E-state index contributed by atoms with van der Waals surface area (Å²) in [4.78, 5) is 0. The van der Waals surface area contributed by atoms with E-state index in [1.807, 2.05) is 6.92 Å². The lowest BCUT2D eigenvalue weighted by Crippen LogP contribution is -2.65. The van der Waals surface area contributed by atoms with E-state index in [9.17, 15) is 8.42 Å². The molecule has 8 nitrogen and oxygen atoms in total. The normalized spacial score (nSPS) is 42.9. The predicted molar refractivity (Wildman–Crippen MR) is 118 cm³/mol. The summed E-state index contributed by atoms with van der Waals surface area (Å²) in [7, 11) is -3.69. The van der Waals surface area contributed by atoms with Gasteiger partial charge in [-0.15, -0.1) is 0 Å². The average molecular weight is 442 g/mol. The fourth-order valence-corrected chi connectivity index (χ4v) is 7.90. The second-order valence-corrected chi connectivity index (χ2v) is 12.8. The van der Waals surface area contributed by atoms with Crippen LogP contribution < -0.4 is 16.2 Å². The van der Waals surface area contributed by atoms with Gasteiger partial charge in [0.2, 0.25) is 0 Å². The fraction of sp³-hybridized carbons (Fsp3) is 1.00. The van der Waals surface area contributed by atoms with Crippen molar-refractivity contribution in [1.82, 2.24) is 9.03 Å². The maximum absolute atomic E-state index is 12.4. The van der Waals surface area contributed by atoms with Gasteiger partial charge in [-0.05, 0) is 62.6 Å². The molecule has 5 fully saturated rings. The molecule has 3 saturated carbocycles. The van der Waals surface area contributed by atoms with Crippen LogP contribution in [0.15, 0.2) is 0 Å². The van der Waals surface area contributed by atoms with E-state index in [-0.39, 0.29) is 37.8 Å². The van der Waals surface area contributed by atoms with Crippen LogP contribution in [0.25, 0.3) is 0 Å². The van der Waals surface area contributed by atoms with Gasteiger partial charge in [-0.3, -0.25) is 0 Å². The summed E-state index contributed by atoms with van der Waals surface area (Å²) >= 11 is 0. The molecule has 5 N–H and O–H groups in total. The van der Waals surface area contributed by atoms with Gasteiger partial charge in [0.15, 0.2) is 0 Å². The second kappa shape index (κ2) is 7.68. The van der Waals surface area contributed by atoms with Crippen molar-refractivity contribution in [3.63, 3.8) is 0 Å². The Balaban J connectivity index is 1.29. The molecule has 6 atom stereocenters. The van der Waals surface area contributed by atoms with Gasteiger partial charge in [-0.2, -0.15) is 12.7 Å². The molecule has 0 amide bonds. The first-order valence-corrected chi connectivity index (χ1v) is 12.9. The van der Waals surface area contributed by atoms with Crippen LogP contribution in [0, 0.1) is 23.2 Å². The van der Waals surface area contributed by atoms with E-state index < -0.39 is 15.7 Å². The van der Waals surface area contributed by atoms with Crippen LogP contribution in [0.2, 0.25) is 6.32 Å². The third kappa shape index (κ3) is 3.76. The van der Waals surface area contributed by atoms with E-state index in [0.717, 1.165) is 31.5 Å². The molecule has 10 heteroatoms. The molecule has 172 valence electrons. The molecule has 2 heterocycles. The lowest BCUT2D eigenvalue weighted by molar-refractivity contribution is -0.199. The van der Waals surface area contributed by atoms with Gasteiger partial charge in [0.25, 0.3) is 10.2 Å². The monoisotopic (exact) mass is 442 g/mol. The van der Waals surface area contributed by atoms with Crippen molar-refractivity contribution >= 4 is 17.3 Å². The lowest BCUT2D eigenvalue weighted by Gasteiger charge is -2.64. The number of hydrogen-bond donors (Lipinski definition) is 3. The van der Waals surface area contributed by atoms with Crippen LogP contribution in [0.3, 0.4) is 0 Å². The van der Waals surface area contributed by atoms with Crippen molar-refractivity contribution < 1.29 is 17.7 Å². The number of nitrogens with one attached hydrogen (secondary N) is 1. The Morgan fingerprint density at radius 1 is 1.23 bits per heavy atom. The van der Waals surface area contributed by atoms with Gasteiger partial charge in [-0.25, -0.2) is 4.72 Å². The summed E-state index contributed by atoms with van der Waals surface area (Å²) in [5.41, 5.74) is 11.5. The van der Waals surface area contributed by atoms with Crippen molar-refractivity contribution in [2.24, 2.45) is 34.6 Å². The Morgan fingerprint density at radius 3 is 2.63 bits per heavy atom. The molecule has 0 unspecified atom stereocenters. The first-order chi connectivity index (χ1) is 13.9. The first kappa shape index (κ1) is 23.0. The van der Waals surface area contributed by atoms with Crippen molar-refractivity contribution in [1.29, 1.82) is 0 Å². The summed E-state index contributed by atoms with van der Waals surface area (Å²) in [6.07, 6.45) is 5.16. The first-order valence-electron chi connectivity index (χ1n) is 11.5. The largest absolute Gasteiger partial charge is 0.457 e. The molecule has 5 rings (SSSR count). The zero-order valence-electron chi connectivity index (χ0n) is 18.9. The maximum Gasteiger partial charge on any atom is 0.457 e. The highest BCUT2D eigenvalue weighted by atomic mass is 32.2. The molecule has 0 radical (unpaired) electrons. The molecule has 0 aromatic heterocycles. The van der Waals surface area contributed by atoms with E-state index in [4.69, 9.17) is 20.8 Å². The quantitative estimate of drug-likeness (QED) is 0.481. The van der Waals surface area contributed by atoms with E-state index in [1.165, 1.54) is 10.7 Å². The van der Waals surface area contributed by atoms with Crippen molar-refractivity contribution in [2.75, 3.05) is 26.2 Å². The van der Waals surface area contributed by atoms with E-state index >= 15 is 0 Å². The van der Waals surface area contributed by atoms with Gasteiger partial charge in [-0.1, -0.05) is 20.3 Å². The van der Waals surface area contributed by atoms with Crippen LogP contribution in [-0.2, 0) is 19.5 Å². The van der Waals surface area contributed by atoms with Gasteiger partial charge in [0.05, 0.1) is 11.7 Å². The molecule has 2 saturated heterocycles. The Morgan fingerprint density at radius 2 is 1.97 bits per heavy atom. The summed E-state index contributed by atoms with van der Waals surface area (Å²) in [5, 5.41) is 0. The van der Waals surface area contributed by atoms with Crippen molar-refractivity contribution in [3.8, 4) is 0 Å². The lowest BCUT2D eigenvalue weighted by atomic mass is 9.43. The van der Waals surface area contributed by atoms with E-state index in [0.29, 0.717) is 24.4 Å². The third-order valence-electron chi connectivity index (χ3n) is 8.64. The third-order valence-corrected chi connectivity index (χ3v) is 10.2. The van der Waals surface area contributed by atoms with Crippen molar-refractivity contribution in [2.45, 2.75) is 76.9 Å². The van der Waals surface area contributed by atoms with Crippen LogP contribution in [0.5, 0.6) is 0 Å². The number of nitrogens with two attached hydrogens (primary N) is 2. The summed E-state index contributed by atoms with van der Waals surface area (Å²) < 4.78 is 41.7. The summed E-state index contributed by atoms with van der Waals surface area (Å²) in [6.45, 7) is 10.2. The Kier molecular flexibility index (Phi) is 5.87.